The molecule has 0 amide bonds. The Kier molecular flexibility index (Phi) is 11.4. The van der Waals surface area contributed by atoms with Crippen molar-refractivity contribution in [2.75, 3.05) is 7.05 Å². The zero-order valence-corrected chi connectivity index (χ0v) is 12.0. The van der Waals surface area contributed by atoms with Gasteiger partial charge in [0.05, 0.1) is 0 Å². The van der Waals surface area contributed by atoms with Crippen LogP contribution in [0.3, 0.4) is 0 Å². The summed E-state index contributed by atoms with van der Waals surface area (Å²) in [6.07, 6.45) is 13.0. The van der Waals surface area contributed by atoms with Crippen LogP contribution in [0.2, 0.25) is 0 Å². The van der Waals surface area contributed by atoms with Crippen molar-refractivity contribution in [1.29, 1.82) is 0 Å². The first-order valence-electron chi connectivity index (χ1n) is 7.38. The van der Waals surface area contributed by atoms with Crippen molar-refractivity contribution < 1.29 is 0 Å². The van der Waals surface area contributed by atoms with Crippen LogP contribution in [0.25, 0.3) is 0 Å². The molecule has 1 N–H and O–H groups in total. The van der Waals surface area contributed by atoms with Crippen molar-refractivity contribution in [1.82, 2.24) is 5.32 Å². The van der Waals surface area contributed by atoms with Crippen LogP contribution in [0.5, 0.6) is 0 Å². The molecule has 16 heavy (non-hydrogen) atoms. The molecule has 0 radical (unpaired) electrons. The molecule has 0 aromatic carbocycles. The Morgan fingerprint density at radius 1 is 0.938 bits per heavy atom. The predicted molar refractivity (Wildman–Crippen MR) is 74.9 cm³/mol. The fourth-order valence-corrected chi connectivity index (χ4v) is 2.39. The second-order valence-corrected chi connectivity index (χ2v) is 5.44. The van der Waals surface area contributed by atoms with Gasteiger partial charge in [0.1, 0.15) is 0 Å². The molecule has 98 valence electrons. The number of rotatable bonds is 5. The number of hydrogen-bond acceptors (Lipinski definition) is 1. The van der Waals surface area contributed by atoms with Gasteiger partial charge in [0.2, 0.25) is 0 Å². The van der Waals surface area contributed by atoms with Crippen molar-refractivity contribution in [3.05, 3.63) is 0 Å². The average molecular weight is 227 g/mol. The molecule has 1 aliphatic rings. The minimum absolute atomic E-state index is 0.682. The lowest BCUT2D eigenvalue weighted by atomic mass is 9.98. The minimum atomic E-state index is 0.682. The molecular formula is C15H33N. The van der Waals surface area contributed by atoms with E-state index >= 15 is 0 Å². The van der Waals surface area contributed by atoms with E-state index in [4.69, 9.17) is 0 Å². The van der Waals surface area contributed by atoms with Crippen LogP contribution in [0.1, 0.15) is 78.6 Å². The monoisotopic (exact) mass is 227 g/mol. The minimum Gasteiger partial charge on any atom is -0.317 e. The lowest BCUT2D eigenvalue weighted by molar-refractivity contribution is 0.416. The molecule has 0 bridgehead atoms. The van der Waals surface area contributed by atoms with Crippen molar-refractivity contribution >= 4 is 0 Å². The molecule has 1 rings (SSSR count). The Hall–Kier alpha value is -0.0400. The summed E-state index contributed by atoms with van der Waals surface area (Å²) in [4.78, 5) is 0. The van der Waals surface area contributed by atoms with Crippen LogP contribution in [-0.4, -0.2) is 13.1 Å². The molecule has 1 aliphatic carbocycles. The highest BCUT2D eigenvalue weighted by Crippen LogP contribution is 2.15. The van der Waals surface area contributed by atoms with Crippen LogP contribution in [0, 0.1) is 5.92 Å². The molecule has 1 nitrogen and oxygen atoms in total. The summed E-state index contributed by atoms with van der Waals surface area (Å²) in [5, 5.41) is 3.25. The highest BCUT2D eigenvalue weighted by molar-refractivity contribution is 4.62. The Bertz CT molecular complexity index is 118. The summed E-state index contributed by atoms with van der Waals surface area (Å²) in [6, 6.07) is 0.682. The lowest BCUT2D eigenvalue weighted by Crippen LogP contribution is -2.23. The van der Waals surface area contributed by atoms with Crippen molar-refractivity contribution in [2.24, 2.45) is 5.92 Å². The first kappa shape index (κ1) is 16.0. The summed E-state index contributed by atoms with van der Waals surface area (Å²) in [5.74, 6) is 0.882. The molecular weight excluding hydrogens is 194 g/mol. The van der Waals surface area contributed by atoms with Gasteiger partial charge < -0.3 is 5.32 Å². The summed E-state index contributed by atoms with van der Waals surface area (Å²) in [5.41, 5.74) is 0. The molecule has 0 spiro atoms. The van der Waals surface area contributed by atoms with E-state index in [2.05, 4.69) is 26.1 Å². The van der Waals surface area contributed by atoms with Crippen LogP contribution in [0.15, 0.2) is 0 Å². The summed E-state index contributed by atoms with van der Waals surface area (Å²) >= 11 is 0. The maximum atomic E-state index is 3.25. The summed E-state index contributed by atoms with van der Waals surface area (Å²) < 4.78 is 0. The highest BCUT2D eigenvalue weighted by Gasteiger charge is 2.04. The maximum absolute atomic E-state index is 3.25. The van der Waals surface area contributed by atoms with Crippen LogP contribution < -0.4 is 5.32 Å². The highest BCUT2D eigenvalue weighted by atomic mass is 14.8. The third-order valence-electron chi connectivity index (χ3n) is 3.53. The van der Waals surface area contributed by atoms with Crippen molar-refractivity contribution in [2.45, 2.75) is 84.6 Å². The third kappa shape index (κ3) is 10.5. The maximum Gasteiger partial charge on any atom is 0.00382 e. The molecule has 0 aliphatic heterocycles. The SMILES string of the molecule is C1CCCCC1.CCCC(C)CC(C)NC. The van der Waals surface area contributed by atoms with Crippen molar-refractivity contribution in [3.8, 4) is 0 Å². The quantitative estimate of drug-likeness (QED) is 0.714. The van der Waals surface area contributed by atoms with Gasteiger partial charge in [-0.05, 0) is 26.3 Å². The normalized spacial score (nSPS) is 19.5. The van der Waals surface area contributed by atoms with Gasteiger partial charge in [0.25, 0.3) is 0 Å². The van der Waals surface area contributed by atoms with E-state index in [0.717, 1.165) is 5.92 Å². The van der Waals surface area contributed by atoms with Gasteiger partial charge in [-0.15, -0.1) is 0 Å². The smallest absolute Gasteiger partial charge is 0.00382 e. The zero-order valence-electron chi connectivity index (χ0n) is 12.0. The van der Waals surface area contributed by atoms with E-state index in [-0.39, 0.29) is 0 Å². The van der Waals surface area contributed by atoms with Gasteiger partial charge in [-0.25, -0.2) is 0 Å². The second-order valence-electron chi connectivity index (χ2n) is 5.44. The molecule has 0 saturated heterocycles. The van der Waals surface area contributed by atoms with Gasteiger partial charge >= 0.3 is 0 Å². The Morgan fingerprint density at radius 3 is 1.69 bits per heavy atom. The van der Waals surface area contributed by atoms with Crippen LogP contribution in [-0.2, 0) is 0 Å². The lowest BCUT2D eigenvalue weighted by Gasteiger charge is -2.15. The fraction of sp³-hybridized carbons (Fsp3) is 1.00. The molecule has 1 saturated carbocycles. The number of nitrogens with one attached hydrogen (secondary N) is 1. The van der Waals surface area contributed by atoms with E-state index in [1.165, 1.54) is 57.8 Å². The molecule has 2 unspecified atom stereocenters. The molecule has 0 heterocycles. The summed E-state index contributed by atoms with van der Waals surface area (Å²) in [7, 11) is 2.03. The van der Waals surface area contributed by atoms with E-state index in [0.29, 0.717) is 6.04 Å². The standard InChI is InChI=1S/C9H21N.C6H12/c1-5-6-8(2)7-9(3)10-4;1-2-4-6-5-3-1/h8-10H,5-7H2,1-4H3;1-6H2. The molecule has 0 aromatic heterocycles. The van der Waals surface area contributed by atoms with Gasteiger partial charge in [-0.1, -0.05) is 65.2 Å². The Balaban J connectivity index is 0.000000315. The van der Waals surface area contributed by atoms with Crippen molar-refractivity contribution in [3.63, 3.8) is 0 Å². The number of hydrogen-bond donors (Lipinski definition) is 1. The van der Waals surface area contributed by atoms with Crippen LogP contribution >= 0.6 is 0 Å². The van der Waals surface area contributed by atoms with Gasteiger partial charge in [-0.2, -0.15) is 0 Å². The largest absolute Gasteiger partial charge is 0.317 e. The van der Waals surface area contributed by atoms with Gasteiger partial charge in [-0.3, -0.25) is 0 Å². The molecule has 0 aromatic rings. The first-order chi connectivity index (χ1) is 7.70. The second kappa shape index (κ2) is 11.4. The van der Waals surface area contributed by atoms with E-state index < -0.39 is 0 Å². The van der Waals surface area contributed by atoms with Crippen LogP contribution in [0.4, 0.5) is 0 Å². The predicted octanol–water partition coefficient (Wildman–Crippen LogP) is 4.76. The molecule has 1 heteroatoms. The van der Waals surface area contributed by atoms with E-state index in [9.17, 15) is 0 Å². The fourth-order valence-electron chi connectivity index (χ4n) is 2.39. The summed E-state index contributed by atoms with van der Waals surface area (Å²) in [6.45, 7) is 6.82. The van der Waals surface area contributed by atoms with Gasteiger partial charge in [0, 0.05) is 6.04 Å². The van der Waals surface area contributed by atoms with E-state index in [1.807, 2.05) is 7.05 Å². The topological polar surface area (TPSA) is 12.0 Å². The Morgan fingerprint density at radius 2 is 1.38 bits per heavy atom. The van der Waals surface area contributed by atoms with Gasteiger partial charge in [0.15, 0.2) is 0 Å². The van der Waals surface area contributed by atoms with E-state index in [1.54, 1.807) is 0 Å². The zero-order chi connectivity index (χ0) is 12.2. The third-order valence-corrected chi connectivity index (χ3v) is 3.53. The molecule has 1 fully saturated rings. The molecule has 2 atom stereocenters. The Labute approximate surface area is 103 Å². The first-order valence-corrected chi connectivity index (χ1v) is 7.38. The average Bonchev–Trinajstić information content (AvgIpc) is 2.32.